The minimum absolute atomic E-state index is 0.249. The Bertz CT molecular complexity index is 534. The molecule has 2 nitrogen and oxygen atoms in total. The molecule has 2 rings (SSSR count). The average molecular weight is 316 g/mol. The van der Waals surface area contributed by atoms with E-state index in [0.717, 1.165) is 4.47 Å². The summed E-state index contributed by atoms with van der Waals surface area (Å²) in [6, 6.07) is 8.38. The minimum Gasteiger partial charge on any atom is -0.378 e. The molecule has 88 valence electrons. The molecule has 0 bridgehead atoms. The lowest BCUT2D eigenvalue weighted by Gasteiger charge is -2.08. The summed E-state index contributed by atoms with van der Waals surface area (Å²) in [6.07, 6.45) is 1.60. The highest BCUT2D eigenvalue weighted by atomic mass is 79.9. The highest BCUT2D eigenvalue weighted by molar-refractivity contribution is 9.10. The second-order valence-corrected chi connectivity index (χ2v) is 4.70. The van der Waals surface area contributed by atoms with Gasteiger partial charge >= 0.3 is 0 Å². The topological polar surface area (TPSA) is 24.9 Å². The van der Waals surface area contributed by atoms with Crippen LogP contribution in [0.5, 0.6) is 0 Å². The summed E-state index contributed by atoms with van der Waals surface area (Å²) in [5.41, 5.74) is 1.26. The maximum absolute atomic E-state index is 13.5. The zero-order valence-corrected chi connectivity index (χ0v) is 11.1. The molecule has 1 N–H and O–H groups in total. The van der Waals surface area contributed by atoms with Crippen LogP contribution in [0.15, 0.2) is 41.0 Å². The number of nitrogens with zero attached hydrogens (tertiary/aromatic N) is 1. The average Bonchev–Trinajstić information content (AvgIpc) is 2.32. The lowest BCUT2D eigenvalue weighted by Crippen LogP contribution is -2.02. The van der Waals surface area contributed by atoms with E-state index in [0.29, 0.717) is 22.9 Å². The van der Waals surface area contributed by atoms with E-state index in [1.54, 1.807) is 30.5 Å². The zero-order chi connectivity index (χ0) is 12.3. The summed E-state index contributed by atoms with van der Waals surface area (Å²) in [4.78, 5) is 3.93. The van der Waals surface area contributed by atoms with E-state index < -0.39 is 0 Å². The summed E-state index contributed by atoms with van der Waals surface area (Å²) in [5, 5.41) is 3.42. The molecule has 5 heteroatoms. The van der Waals surface area contributed by atoms with Crippen LogP contribution in [0.4, 0.5) is 10.1 Å². The van der Waals surface area contributed by atoms with Crippen molar-refractivity contribution in [3.05, 3.63) is 57.5 Å². The van der Waals surface area contributed by atoms with Gasteiger partial charge in [0.05, 0.1) is 5.69 Å². The predicted molar refractivity (Wildman–Crippen MR) is 70.7 cm³/mol. The van der Waals surface area contributed by atoms with Crippen LogP contribution in [-0.2, 0) is 6.54 Å². The first-order valence-electron chi connectivity index (χ1n) is 4.95. The molecule has 1 heterocycles. The third-order valence-corrected chi connectivity index (χ3v) is 3.03. The third kappa shape index (κ3) is 3.17. The molecule has 0 unspecified atom stereocenters. The molecule has 0 atom stereocenters. The van der Waals surface area contributed by atoms with Gasteiger partial charge in [0.1, 0.15) is 5.82 Å². The molecule has 0 aliphatic rings. The largest absolute Gasteiger partial charge is 0.378 e. The smallest absolute Gasteiger partial charge is 0.152 e. The monoisotopic (exact) mass is 314 g/mol. The van der Waals surface area contributed by atoms with Crippen molar-refractivity contribution in [2.24, 2.45) is 0 Å². The van der Waals surface area contributed by atoms with Crippen molar-refractivity contribution < 1.29 is 4.39 Å². The predicted octanol–water partition coefficient (Wildman–Crippen LogP) is 4.25. The van der Waals surface area contributed by atoms with Crippen molar-refractivity contribution in [2.45, 2.75) is 6.54 Å². The van der Waals surface area contributed by atoms with Gasteiger partial charge in [-0.25, -0.2) is 9.37 Å². The third-order valence-electron chi connectivity index (χ3n) is 2.24. The van der Waals surface area contributed by atoms with E-state index >= 15 is 0 Å². The molecule has 1 aromatic heterocycles. The number of nitrogens with one attached hydrogen (secondary N) is 1. The Labute approximate surface area is 112 Å². The van der Waals surface area contributed by atoms with Gasteiger partial charge < -0.3 is 5.32 Å². The van der Waals surface area contributed by atoms with Crippen LogP contribution in [0.2, 0.25) is 5.15 Å². The molecular formula is C12H9BrClFN2. The van der Waals surface area contributed by atoms with Gasteiger partial charge in [-0.2, -0.15) is 0 Å². The van der Waals surface area contributed by atoms with E-state index in [4.69, 9.17) is 11.6 Å². The Kier molecular flexibility index (Phi) is 3.97. The maximum atomic E-state index is 13.5. The van der Waals surface area contributed by atoms with Crippen LogP contribution in [0.1, 0.15) is 5.56 Å². The normalized spacial score (nSPS) is 10.3. The van der Waals surface area contributed by atoms with Crippen LogP contribution >= 0.6 is 27.5 Å². The van der Waals surface area contributed by atoms with Crippen molar-refractivity contribution in [3.63, 3.8) is 0 Å². The Morgan fingerprint density at radius 2 is 2.18 bits per heavy atom. The van der Waals surface area contributed by atoms with Gasteiger partial charge in [0.15, 0.2) is 5.15 Å². The number of pyridine rings is 1. The van der Waals surface area contributed by atoms with Crippen molar-refractivity contribution in [1.29, 1.82) is 0 Å². The van der Waals surface area contributed by atoms with Gasteiger partial charge in [0.25, 0.3) is 0 Å². The molecular weight excluding hydrogens is 307 g/mol. The van der Waals surface area contributed by atoms with Crippen molar-refractivity contribution in [1.82, 2.24) is 4.98 Å². The quantitative estimate of drug-likeness (QED) is 0.857. The first-order chi connectivity index (χ1) is 8.16. The molecule has 0 fully saturated rings. The lowest BCUT2D eigenvalue weighted by molar-refractivity contribution is 0.612. The zero-order valence-electron chi connectivity index (χ0n) is 8.75. The van der Waals surface area contributed by atoms with E-state index in [2.05, 4.69) is 26.2 Å². The highest BCUT2D eigenvalue weighted by Gasteiger charge is 2.04. The second-order valence-electron chi connectivity index (χ2n) is 3.43. The summed E-state index contributed by atoms with van der Waals surface area (Å²) in [7, 11) is 0. The van der Waals surface area contributed by atoms with Crippen LogP contribution in [0.3, 0.4) is 0 Å². The summed E-state index contributed by atoms with van der Waals surface area (Å²) in [5.74, 6) is -0.249. The summed E-state index contributed by atoms with van der Waals surface area (Å²) >= 11 is 9.19. The van der Waals surface area contributed by atoms with Crippen LogP contribution in [0, 0.1) is 5.82 Å². The standard InChI is InChI=1S/C12H9BrClFN2/c13-9-3-4-10(15)8(6-9)7-17-11-2-1-5-16-12(11)14/h1-6,17H,7H2. The molecule has 0 spiro atoms. The Hall–Kier alpha value is -1.13. The number of benzene rings is 1. The maximum Gasteiger partial charge on any atom is 0.152 e. The molecule has 1 aromatic carbocycles. The second kappa shape index (κ2) is 5.47. The molecule has 0 radical (unpaired) electrons. The van der Waals surface area contributed by atoms with E-state index in [1.807, 2.05) is 0 Å². The summed E-state index contributed by atoms with van der Waals surface area (Å²) in [6.45, 7) is 0.358. The summed E-state index contributed by atoms with van der Waals surface area (Å²) < 4.78 is 14.3. The van der Waals surface area contributed by atoms with Gasteiger partial charge in [-0.1, -0.05) is 27.5 Å². The SMILES string of the molecule is Fc1ccc(Br)cc1CNc1cccnc1Cl. The first kappa shape index (κ1) is 12.3. The van der Waals surface area contributed by atoms with E-state index in [1.165, 1.54) is 6.07 Å². The molecule has 0 saturated heterocycles. The van der Waals surface area contributed by atoms with Crippen LogP contribution < -0.4 is 5.32 Å². The van der Waals surface area contributed by atoms with Crippen LogP contribution in [-0.4, -0.2) is 4.98 Å². The molecule has 2 aromatic rings. The fourth-order valence-corrected chi connectivity index (χ4v) is 1.98. The van der Waals surface area contributed by atoms with Gasteiger partial charge in [-0.05, 0) is 30.3 Å². The number of halogens is 3. The molecule has 0 amide bonds. The van der Waals surface area contributed by atoms with E-state index in [9.17, 15) is 4.39 Å². The van der Waals surface area contributed by atoms with Crippen molar-refractivity contribution >= 4 is 33.2 Å². The number of rotatable bonds is 3. The first-order valence-corrected chi connectivity index (χ1v) is 6.12. The van der Waals surface area contributed by atoms with Crippen molar-refractivity contribution in [2.75, 3.05) is 5.32 Å². The Balaban J connectivity index is 2.12. The van der Waals surface area contributed by atoms with Gasteiger partial charge in [-0.3, -0.25) is 0 Å². The van der Waals surface area contributed by atoms with Gasteiger partial charge in [0.2, 0.25) is 0 Å². The van der Waals surface area contributed by atoms with Crippen molar-refractivity contribution in [3.8, 4) is 0 Å². The van der Waals surface area contributed by atoms with Gasteiger partial charge in [-0.15, -0.1) is 0 Å². The molecule has 0 aliphatic heterocycles. The fraction of sp³-hybridized carbons (Fsp3) is 0.0833. The highest BCUT2D eigenvalue weighted by Crippen LogP contribution is 2.20. The van der Waals surface area contributed by atoms with Crippen LogP contribution in [0.25, 0.3) is 0 Å². The number of aromatic nitrogens is 1. The Morgan fingerprint density at radius 1 is 1.35 bits per heavy atom. The molecule has 0 aliphatic carbocycles. The van der Waals surface area contributed by atoms with Gasteiger partial charge in [0, 0.05) is 22.8 Å². The minimum atomic E-state index is -0.249. The number of hydrogen-bond donors (Lipinski definition) is 1. The number of anilines is 1. The Morgan fingerprint density at radius 3 is 2.94 bits per heavy atom. The van der Waals surface area contributed by atoms with E-state index in [-0.39, 0.29) is 5.82 Å². The number of hydrogen-bond acceptors (Lipinski definition) is 2. The fourth-order valence-electron chi connectivity index (χ4n) is 1.39. The molecule has 17 heavy (non-hydrogen) atoms. The molecule has 0 saturated carbocycles. The lowest BCUT2D eigenvalue weighted by atomic mass is 10.2.